The van der Waals surface area contributed by atoms with Crippen LogP contribution in [0.15, 0.2) is 47.2 Å². The van der Waals surface area contributed by atoms with Crippen LogP contribution < -0.4 is 5.73 Å². The first-order valence-corrected chi connectivity index (χ1v) is 6.68. The maximum absolute atomic E-state index is 13.0. The molecule has 0 amide bonds. The van der Waals surface area contributed by atoms with Crippen molar-refractivity contribution in [2.75, 3.05) is 0 Å². The lowest BCUT2D eigenvalue weighted by Gasteiger charge is -2.18. The quantitative estimate of drug-likeness (QED) is 0.910. The molecule has 0 bridgehead atoms. The lowest BCUT2D eigenvalue weighted by molar-refractivity contribution is -0.138. The first-order valence-electron chi connectivity index (χ1n) is 5.89. The molecule has 106 valence electrons. The van der Waals surface area contributed by atoms with Gasteiger partial charge in [-0.05, 0) is 41.8 Å². The van der Waals surface area contributed by atoms with Gasteiger partial charge in [0.15, 0.2) is 0 Å². The summed E-state index contributed by atoms with van der Waals surface area (Å²) in [7, 11) is 0. The van der Waals surface area contributed by atoms with Gasteiger partial charge in [-0.2, -0.15) is 13.2 Å². The zero-order valence-corrected chi connectivity index (χ0v) is 11.9. The maximum Gasteiger partial charge on any atom is 0.416 e. The van der Waals surface area contributed by atoms with E-state index in [1.54, 1.807) is 30.6 Å². The minimum absolute atomic E-state index is 0.0949. The van der Waals surface area contributed by atoms with E-state index in [0.29, 0.717) is 10.9 Å². The van der Waals surface area contributed by atoms with Gasteiger partial charge >= 0.3 is 6.18 Å². The SMILES string of the molecule is NC(Cc1ccncc1)c1ccc(Br)cc1C(F)(F)F. The van der Waals surface area contributed by atoms with Crippen LogP contribution in [0.4, 0.5) is 13.2 Å². The Morgan fingerprint density at radius 2 is 1.80 bits per heavy atom. The fraction of sp³-hybridized carbons (Fsp3) is 0.214. The summed E-state index contributed by atoms with van der Waals surface area (Å²) in [4.78, 5) is 3.87. The van der Waals surface area contributed by atoms with Crippen LogP contribution in [0.1, 0.15) is 22.7 Å². The number of hydrogen-bond donors (Lipinski definition) is 1. The second-order valence-electron chi connectivity index (χ2n) is 4.40. The molecular weight excluding hydrogens is 333 g/mol. The molecule has 2 N–H and O–H groups in total. The highest BCUT2D eigenvalue weighted by Crippen LogP contribution is 2.36. The number of alkyl halides is 3. The van der Waals surface area contributed by atoms with Gasteiger partial charge in [0.05, 0.1) is 5.56 Å². The summed E-state index contributed by atoms with van der Waals surface area (Å²) in [6.45, 7) is 0. The highest BCUT2D eigenvalue weighted by atomic mass is 79.9. The average Bonchev–Trinajstić information content (AvgIpc) is 2.38. The van der Waals surface area contributed by atoms with E-state index in [2.05, 4.69) is 20.9 Å². The van der Waals surface area contributed by atoms with Gasteiger partial charge in [-0.1, -0.05) is 22.0 Å². The topological polar surface area (TPSA) is 38.9 Å². The van der Waals surface area contributed by atoms with Gasteiger partial charge in [-0.3, -0.25) is 4.98 Å². The fourth-order valence-electron chi connectivity index (χ4n) is 1.98. The van der Waals surface area contributed by atoms with Crippen LogP contribution >= 0.6 is 15.9 Å². The van der Waals surface area contributed by atoms with Gasteiger partial charge in [0.1, 0.15) is 0 Å². The minimum Gasteiger partial charge on any atom is -0.324 e. The predicted octanol–water partition coefficient (Wildman–Crippen LogP) is 4.11. The molecule has 0 aliphatic carbocycles. The van der Waals surface area contributed by atoms with E-state index < -0.39 is 17.8 Å². The van der Waals surface area contributed by atoms with Gasteiger partial charge < -0.3 is 5.73 Å². The van der Waals surface area contributed by atoms with E-state index in [1.807, 2.05) is 0 Å². The highest BCUT2D eigenvalue weighted by molar-refractivity contribution is 9.10. The van der Waals surface area contributed by atoms with Crippen molar-refractivity contribution >= 4 is 15.9 Å². The molecule has 0 saturated carbocycles. The second-order valence-corrected chi connectivity index (χ2v) is 5.31. The molecule has 0 spiro atoms. The lowest BCUT2D eigenvalue weighted by atomic mass is 9.95. The van der Waals surface area contributed by atoms with Crippen LogP contribution in [0.2, 0.25) is 0 Å². The third kappa shape index (κ3) is 3.58. The van der Waals surface area contributed by atoms with E-state index in [0.717, 1.165) is 11.6 Å². The van der Waals surface area contributed by atoms with Crippen molar-refractivity contribution in [3.8, 4) is 0 Å². The van der Waals surface area contributed by atoms with Gasteiger partial charge in [-0.25, -0.2) is 0 Å². The molecular formula is C14H12BrF3N2. The van der Waals surface area contributed by atoms with Gasteiger partial charge in [-0.15, -0.1) is 0 Å². The summed E-state index contributed by atoms with van der Waals surface area (Å²) < 4.78 is 39.5. The fourth-order valence-corrected chi connectivity index (χ4v) is 2.34. The molecule has 1 unspecified atom stereocenters. The molecule has 2 aromatic rings. The van der Waals surface area contributed by atoms with Gasteiger partial charge in [0.2, 0.25) is 0 Å². The normalized spacial score (nSPS) is 13.2. The molecule has 20 heavy (non-hydrogen) atoms. The Labute approximate surface area is 123 Å². The smallest absolute Gasteiger partial charge is 0.324 e. The number of hydrogen-bond acceptors (Lipinski definition) is 2. The first-order chi connectivity index (χ1) is 9.38. The van der Waals surface area contributed by atoms with Crippen LogP contribution in [0.5, 0.6) is 0 Å². The number of halogens is 4. The molecule has 0 radical (unpaired) electrons. The summed E-state index contributed by atoms with van der Waals surface area (Å²) >= 11 is 3.06. The molecule has 2 rings (SSSR count). The number of aromatic nitrogens is 1. The minimum atomic E-state index is -4.42. The molecule has 2 nitrogen and oxygen atoms in total. The average molecular weight is 345 g/mol. The summed E-state index contributed by atoms with van der Waals surface area (Å²) in [6, 6.07) is 6.80. The maximum atomic E-state index is 13.0. The van der Waals surface area contributed by atoms with E-state index in [9.17, 15) is 13.2 Å². The van der Waals surface area contributed by atoms with E-state index in [4.69, 9.17) is 5.73 Å². The number of rotatable bonds is 3. The van der Waals surface area contributed by atoms with Crippen LogP contribution in [-0.2, 0) is 12.6 Å². The molecule has 1 heterocycles. The first kappa shape index (κ1) is 15.0. The van der Waals surface area contributed by atoms with Crippen molar-refractivity contribution in [3.63, 3.8) is 0 Å². The molecule has 1 atom stereocenters. The van der Waals surface area contributed by atoms with E-state index in [-0.39, 0.29) is 5.56 Å². The van der Waals surface area contributed by atoms with Gasteiger partial charge in [0.25, 0.3) is 0 Å². The molecule has 1 aromatic carbocycles. The molecule has 0 aliphatic rings. The van der Waals surface area contributed by atoms with Crippen LogP contribution in [0, 0.1) is 0 Å². The summed E-state index contributed by atoms with van der Waals surface area (Å²) in [5.41, 5.74) is 6.18. The molecule has 6 heteroatoms. The van der Waals surface area contributed by atoms with Gasteiger partial charge in [0, 0.05) is 22.9 Å². The number of benzene rings is 1. The standard InChI is InChI=1S/C14H12BrF3N2/c15-10-1-2-11(12(8-10)14(16,17)18)13(19)7-9-3-5-20-6-4-9/h1-6,8,13H,7,19H2. The Bertz CT molecular complexity index is 585. The van der Waals surface area contributed by atoms with E-state index in [1.165, 1.54) is 6.07 Å². The largest absolute Gasteiger partial charge is 0.416 e. The summed E-state index contributed by atoms with van der Waals surface area (Å²) in [5.74, 6) is 0. The number of nitrogens with two attached hydrogens (primary N) is 1. The zero-order valence-electron chi connectivity index (χ0n) is 10.4. The second kappa shape index (κ2) is 5.93. The summed E-state index contributed by atoms with van der Waals surface area (Å²) in [5, 5.41) is 0. The number of pyridine rings is 1. The van der Waals surface area contributed by atoms with Crippen molar-refractivity contribution in [3.05, 3.63) is 63.9 Å². The third-order valence-electron chi connectivity index (χ3n) is 2.93. The van der Waals surface area contributed by atoms with Crippen LogP contribution in [0.25, 0.3) is 0 Å². The van der Waals surface area contributed by atoms with Crippen molar-refractivity contribution in [1.29, 1.82) is 0 Å². The van der Waals surface area contributed by atoms with Crippen molar-refractivity contribution < 1.29 is 13.2 Å². The molecule has 1 aromatic heterocycles. The van der Waals surface area contributed by atoms with Crippen molar-refractivity contribution in [2.24, 2.45) is 5.73 Å². The molecule has 0 aliphatic heterocycles. The van der Waals surface area contributed by atoms with Crippen LogP contribution in [0.3, 0.4) is 0 Å². The van der Waals surface area contributed by atoms with E-state index >= 15 is 0 Å². The number of nitrogens with zero attached hydrogens (tertiary/aromatic N) is 1. The van der Waals surface area contributed by atoms with Crippen molar-refractivity contribution in [1.82, 2.24) is 4.98 Å². The Kier molecular flexibility index (Phi) is 4.45. The third-order valence-corrected chi connectivity index (χ3v) is 3.42. The summed E-state index contributed by atoms with van der Waals surface area (Å²) in [6.07, 6.45) is -0.912. The predicted molar refractivity (Wildman–Crippen MR) is 74.0 cm³/mol. The molecule has 0 fully saturated rings. The Hall–Kier alpha value is -1.40. The lowest BCUT2D eigenvalue weighted by Crippen LogP contribution is -2.19. The van der Waals surface area contributed by atoms with Crippen molar-refractivity contribution in [2.45, 2.75) is 18.6 Å². The highest BCUT2D eigenvalue weighted by Gasteiger charge is 2.34. The Morgan fingerprint density at radius 3 is 2.40 bits per heavy atom. The Morgan fingerprint density at radius 1 is 1.15 bits per heavy atom. The molecule has 0 saturated heterocycles. The zero-order chi connectivity index (χ0) is 14.8. The monoisotopic (exact) mass is 344 g/mol. The van der Waals surface area contributed by atoms with Crippen LogP contribution in [-0.4, -0.2) is 4.98 Å². The Balaban J connectivity index is 2.32.